The Morgan fingerprint density at radius 2 is 1.85 bits per heavy atom. The highest BCUT2D eigenvalue weighted by atomic mass is 35.5. The van der Waals surface area contributed by atoms with E-state index in [0.717, 1.165) is 5.56 Å². The monoisotopic (exact) mass is 397 g/mol. The summed E-state index contributed by atoms with van der Waals surface area (Å²) in [6.07, 6.45) is 0. The fourth-order valence-electron chi connectivity index (χ4n) is 2.40. The van der Waals surface area contributed by atoms with Crippen LogP contribution < -0.4 is 14.8 Å². The van der Waals surface area contributed by atoms with Crippen LogP contribution in [0.3, 0.4) is 0 Å². The molecule has 2 N–H and O–H groups in total. The average molecular weight is 398 g/mol. The van der Waals surface area contributed by atoms with Gasteiger partial charge in [0.05, 0.1) is 26.4 Å². The van der Waals surface area contributed by atoms with Crippen molar-refractivity contribution >= 4 is 11.6 Å². The van der Waals surface area contributed by atoms with Gasteiger partial charge in [0.2, 0.25) is 0 Å². The van der Waals surface area contributed by atoms with E-state index in [-0.39, 0.29) is 19.0 Å². The number of aliphatic hydroxyl groups is 1. The zero-order valence-corrected chi connectivity index (χ0v) is 16.1. The van der Waals surface area contributed by atoms with E-state index in [4.69, 9.17) is 30.9 Å². The van der Waals surface area contributed by atoms with Gasteiger partial charge < -0.3 is 24.6 Å². The van der Waals surface area contributed by atoms with Gasteiger partial charge in [0.15, 0.2) is 11.5 Å². The molecule has 148 valence electrons. The predicted octanol–water partition coefficient (Wildman–Crippen LogP) is 3.56. The highest BCUT2D eigenvalue weighted by molar-refractivity contribution is 6.31. The summed E-state index contributed by atoms with van der Waals surface area (Å²) in [5.74, 6) is 0.720. The third-order valence-corrected chi connectivity index (χ3v) is 4.08. The Hall–Kier alpha value is -1.86. The Bertz CT molecular complexity index is 714. The molecule has 0 aliphatic heterocycles. The van der Waals surface area contributed by atoms with Crippen molar-refractivity contribution in [3.05, 3.63) is 58.4 Å². The van der Waals surface area contributed by atoms with Crippen molar-refractivity contribution in [2.75, 3.05) is 33.0 Å². The van der Waals surface area contributed by atoms with Crippen LogP contribution >= 0.6 is 11.6 Å². The zero-order valence-electron chi connectivity index (χ0n) is 15.3. The zero-order chi connectivity index (χ0) is 19.5. The molecular formula is C20H25ClFNO4. The lowest BCUT2D eigenvalue weighted by Gasteiger charge is -2.15. The molecule has 7 heteroatoms. The van der Waals surface area contributed by atoms with E-state index in [1.54, 1.807) is 24.3 Å². The van der Waals surface area contributed by atoms with Gasteiger partial charge >= 0.3 is 0 Å². The molecule has 0 unspecified atom stereocenters. The Kier molecular flexibility index (Phi) is 9.35. The molecule has 0 heterocycles. The third-order valence-electron chi connectivity index (χ3n) is 3.73. The number of hydrogen-bond donors (Lipinski definition) is 2. The highest BCUT2D eigenvalue weighted by Gasteiger charge is 2.12. The maximum atomic E-state index is 13.8. The Balaban J connectivity index is 2.00. The number of ether oxygens (including phenoxy) is 3. The summed E-state index contributed by atoms with van der Waals surface area (Å²) in [5.41, 5.74) is 1.32. The number of halogens is 2. The number of rotatable bonds is 12. The third kappa shape index (κ3) is 6.99. The van der Waals surface area contributed by atoms with Crippen LogP contribution in [-0.2, 0) is 17.9 Å². The lowest BCUT2D eigenvalue weighted by atomic mass is 10.2. The van der Waals surface area contributed by atoms with Crippen molar-refractivity contribution in [2.24, 2.45) is 0 Å². The van der Waals surface area contributed by atoms with Crippen molar-refractivity contribution in [3.63, 3.8) is 0 Å². The van der Waals surface area contributed by atoms with Crippen LogP contribution in [0.4, 0.5) is 4.39 Å². The molecule has 0 bridgehead atoms. The van der Waals surface area contributed by atoms with E-state index in [9.17, 15) is 4.39 Å². The molecule has 0 fully saturated rings. The van der Waals surface area contributed by atoms with Crippen molar-refractivity contribution in [1.82, 2.24) is 5.32 Å². The Morgan fingerprint density at radius 1 is 1.07 bits per heavy atom. The molecular weight excluding hydrogens is 373 g/mol. The van der Waals surface area contributed by atoms with Gasteiger partial charge in [0, 0.05) is 29.7 Å². The largest absolute Gasteiger partial charge is 0.490 e. The second-order valence-corrected chi connectivity index (χ2v) is 6.12. The van der Waals surface area contributed by atoms with E-state index in [1.165, 1.54) is 6.07 Å². The van der Waals surface area contributed by atoms with Crippen molar-refractivity contribution in [1.29, 1.82) is 0 Å². The second-order valence-electron chi connectivity index (χ2n) is 5.72. The number of nitrogens with one attached hydrogen (secondary N) is 1. The van der Waals surface area contributed by atoms with Crippen LogP contribution in [-0.4, -0.2) is 38.1 Å². The lowest BCUT2D eigenvalue weighted by Crippen LogP contribution is -2.20. The van der Waals surface area contributed by atoms with E-state index >= 15 is 0 Å². The van der Waals surface area contributed by atoms with Crippen LogP contribution in [0.1, 0.15) is 18.1 Å². The van der Waals surface area contributed by atoms with Gasteiger partial charge in [-0.25, -0.2) is 4.39 Å². The molecule has 0 radical (unpaired) electrons. The van der Waals surface area contributed by atoms with Gasteiger partial charge in [0.25, 0.3) is 0 Å². The normalized spacial score (nSPS) is 10.8. The number of benzene rings is 2. The molecule has 0 atom stereocenters. The van der Waals surface area contributed by atoms with Gasteiger partial charge in [-0.1, -0.05) is 29.8 Å². The van der Waals surface area contributed by atoms with Gasteiger partial charge in [-0.2, -0.15) is 0 Å². The summed E-state index contributed by atoms with van der Waals surface area (Å²) in [5, 5.41) is 12.4. The molecule has 0 spiro atoms. The summed E-state index contributed by atoms with van der Waals surface area (Å²) in [6, 6.07) is 9.98. The van der Waals surface area contributed by atoms with Crippen LogP contribution in [0.25, 0.3) is 0 Å². The molecule has 2 aromatic carbocycles. The number of hydrogen-bond acceptors (Lipinski definition) is 5. The highest BCUT2D eigenvalue weighted by Crippen LogP contribution is 2.34. The van der Waals surface area contributed by atoms with Gasteiger partial charge in [0.1, 0.15) is 12.4 Å². The molecule has 0 saturated heterocycles. The van der Waals surface area contributed by atoms with Crippen molar-refractivity contribution in [2.45, 2.75) is 20.1 Å². The Morgan fingerprint density at radius 3 is 2.59 bits per heavy atom. The molecule has 2 aromatic rings. The summed E-state index contributed by atoms with van der Waals surface area (Å²) >= 11 is 6.36. The average Bonchev–Trinajstić information content (AvgIpc) is 2.66. The molecule has 0 amide bonds. The first-order chi connectivity index (χ1) is 13.2. The first kappa shape index (κ1) is 21.4. The first-order valence-electron chi connectivity index (χ1n) is 8.86. The van der Waals surface area contributed by atoms with Crippen LogP contribution in [0.2, 0.25) is 5.02 Å². The predicted molar refractivity (Wildman–Crippen MR) is 103 cm³/mol. The summed E-state index contributed by atoms with van der Waals surface area (Å²) in [7, 11) is 0. The molecule has 0 saturated carbocycles. The van der Waals surface area contributed by atoms with Crippen molar-refractivity contribution in [3.8, 4) is 11.5 Å². The van der Waals surface area contributed by atoms with Gasteiger partial charge in [-0.05, 0) is 24.6 Å². The van der Waals surface area contributed by atoms with Crippen LogP contribution in [0, 0.1) is 5.82 Å². The van der Waals surface area contributed by atoms with Crippen molar-refractivity contribution < 1.29 is 23.7 Å². The lowest BCUT2D eigenvalue weighted by molar-refractivity contribution is 0.0938. The van der Waals surface area contributed by atoms with Crippen LogP contribution in [0.15, 0.2) is 36.4 Å². The van der Waals surface area contributed by atoms with Crippen LogP contribution in [0.5, 0.6) is 11.5 Å². The molecule has 5 nitrogen and oxygen atoms in total. The fourth-order valence-corrected chi connectivity index (χ4v) is 2.62. The molecule has 2 rings (SSSR count). The van der Waals surface area contributed by atoms with E-state index < -0.39 is 0 Å². The first-order valence-corrected chi connectivity index (χ1v) is 9.24. The van der Waals surface area contributed by atoms with E-state index in [2.05, 4.69) is 5.32 Å². The SMILES string of the molecule is CCOc1cc(CNCCOCCO)c(Cl)cc1OCc1ccccc1F. The van der Waals surface area contributed by atoms with Gasteiger partial charge in [-0.3, -0.25) is 0 Å². The second kappa shape index (κ2) is 11.8. The minimum absolute atomic E-state index is 0.0118. The molecule has 27 heavy (non-hydrogen) atoms. The molecule has 0 aromatic heterocycles. The number of aliphatic hydroxyl groups excluding tert-OH is 1. The molecule has 0 aliphatic rings. The molecule has 0 aliphatic carbocycles. The summed E-state index contributed by atoms with van der Waals surface area (Å²) < 4.78 is 30.4. The quantitative estimate of drug-likeness (QED) is 0.536. The fraction of sp³-hybridized carbons (Fsp3) is 0.400. The topological polar surface area (TPSA) is 60.0 Å². The maximum Gasteiger partial charge on any atom is 0.163 e. The smallest absolute Gasteiger partial charge is 0.163 e. The minimum Gasteiger partial charge on any atom is -0.490 e. The standard InChI is InChI=1S/C20H25ClFNO4/c1-2-26-19-11-16(13-23-7-9-25-10-8-24)17(21)12-20(19)27-14-15-5-3-4-6-18(15)22/h3-6,11-12,23-24H,2,7-10,13-14H2,1H3. The maximum absolute atomic E-state index is 13.8. The summed E-state index contributed by atoms with van der Waals surface area (Å²) in [6.45, 7) is 4.44. The van der Waals surface area contributed by atoms with Gasteiger partial charge in [-0.15, -0.1) is 0 Å². The van der Waals surface area contributed by atoms with E-state index in [1.807, 2.05) is 13.0 Å². The Labute approximate surface area is 164 Å². The van der Waals surface area contributed by atoms with E-state index in [0.29, 0.717) is 55.0 Å². The summed E-state index contributed by atoms with van der Waals surface area (Å²) in [4.78, 5) is 0. The minimum atomic E-state index is -0.314.